The first-order valence-electron chi connectivity index (χ1n) is 6.41. The minimum atomic E-state index is -0.924. The summed E-state index contributed by atoms with van der Waals surface area (Å²) in [4.78, 5) is 11.9. The third-order valence-corrected chi connectivity index (χ3v) is 3.19. The van der Waals surface area contributed by atoms with Crippen molar-refractivity contribution in [3.8, 4) is 0 Å². The van der Waals surface area contributed by atoms with Crippen molar-refractivity contribution in [1.29, 1.82) is 0 Å². The predicted molar refractivity (Wildman–Crippen MR) is 68.8 cm³/mol. The first-order valence-corrected chi connectivity index (χ1v) is 6.41. The maximum atomic E-state index is 11.9. The molecule has 0 aliphatic carbocycles. The lowest BCUT2D eigenvalue weighted by Gasteiger charge is -2.12. The molecular formula is C13H20N2O4. The molecule has 1 amide bonds. The van der Waals surface area contributed by atoms with E-state index in [9.17, 15) is 15.0 Å². The zero-order chi connectivity index (χ0) is 14.2. The Hall–Kier alpha value is -1.37. The van der Waals surface area contributed by atoms with Gasteiger partial charge in [0.1, 0.15) is 17.6 Å². The van der Waals surface area contributed by atoms with E-state index in [0.717, 1.165) is 0 Å². The second-order valence-corrected chi connectivity index (χ2v) is 5.19. The fourth-order valence-corrected chi connectivity index (χ4v) is 2.20. The van der Waals surface area contributed by atoms with Crippen LogP contribution in [0.2, 0.25) is 0 Å². The topological polar surface area (TPSA) is 94.7 Å². The van der Waals surface area contributed by atoms with Gasteiger partial charge in [0, 0.05) is 12.6 Å². The second-order valence-electron chi connectivity index (χ2n) is 5.19. The summed E-state index contributed by atoms with van der Waals surface area (Å²) >= 11 is 0. The van der Waals surface area contributed by atoms with E-state index in [4.69, 9.17) is 4.42 Å². The Morgan fingerprint density at radius 2 is 2.21 bits per heavy atom. The molecule has 19 heavy (non-hydrogen) atoms. The van der Waals surface area contributed by atoms with Gasteiger partial charge in [-0.15, -0.1) is 0 Å². The molecule has 0 saturated carbocycles. The zero-order valence-electron chi connectivity index (χ0n) is 11.3. The summed E-state index contributed by atoms with van der Waals surface area (Å²) in [6.45, 7) is 5.77. The lowest BCUT2D eigenvalue weighted by atomic mass is 10.1. The van der Waals surface area contributed by atoms with Crippen molar-refractivity contribution in [2.45, 2.75) is 45.1 Å². The number of aliphatic hydroxyl groups excluding tert-OH is 2. The van der Waals surface area contributed by atoms with Gasteiger partial charge in [0.15, 0.2) is 0 Å². The van der Waals surface area contributed by atoms with Crippen LogP contribution in [-0.2, 0) is 0 Å². The van der Waals surface area contributed by atoms with Gasteiger partial charge in [0.05, 0.1) is 17.7 Å². The number of nitrogens with one attached hydrogen (secondary N) is 2. The molecule has 0 aromatic carbocycles. The molecule has 0 spiro atoms. The molecule has 3 atom stereocenters. The minimum Gasteiger partial charge on any atom is -0.464 e. The molecule has 1 aromatic heterocycles. The predicted octanol–water partition coefficient (Wildman–Crippen LogP) is 0.0923. The molecule has 6 heteroatoms. The molecular weight excluding hydrogens is 248 g/mol. The summed E-state index contributed by atoms with van der Waals surface area (Å²) in [6, 6.07) is 1.18. The van der Waals surface area contributed by atoms with Crippen LogP contribution < -0.4 is 10.6 Å². The second kappa shape index (κ2) is 5.32. The van der Waals surface area contributed by atoms with Gasteiger partial charge in [0.25, 0.3) is 5.91 Å². The number of rotatable bonds is 3. The van der Waals surface area contributed by atoms with Crippen LogP contribution in [0.25, 0.3) is 0 Å². The minimum absolute atomic E-state index is 0.0438. The van der Waals surface area contributed by atoms with E-state index >= 15 is 0 Å². The standard InChI is InChI=1S/C13H20N2O4/c1-6(2)15-13(18)8-4-10(19-7(8)3)11-12(17)9(16)5-14-11/h4,6,9,11-12,14,16-17H,5H2,1-3H3,(H,15,18)/t9-,11-,12-/m1/s1. The average Bonchev–Trinajstić information content (AvgIpc) is 2.83. The van der Waals surface area contributed by atoms with Crippen LogP contribution in [-0.4, -0.2) is 40.9 Å². The first-order chi connectivity index (χ1) is 8.90. The summed E-state index contributed by atoms with van der Waals surface area (Å²) in [7, 11) is 0. The molecule has 1 saturated heterocycles. The van der Waals surface area contributed by atoms with E-state index in [-0.39, 0.29) is 11.9 Å². The Balaban J connectivity index is 2.19. The van der Waals surface area contributed by atoms with Crippen LogP contribution in [0.3, 0.4) is 0 Å². The van der Waals surface area contributed by atoms with Gasteiger partial charge in [0.2, 0.25) is 0 Å². The van der Waals surface area contributed by atoms with Crippen LogP contribution >= 0.6 is 0 Å². The molecule has 1 fully saturated rings. The third-order valence-electron chi connectivity index (χ3n) is 3.19. The normalized spacial score (nSPS) is 26.9. The molecule has 0 radical (unpaired) electrons. The van der Waals surface area contributed by atoms with Gasteiger partial charge in [-0.05, 0) is 26.8 Å². The summed E-state index contributed by atoms with van der Waals surface area (Å²) < 4.78 is 5.53. The summed E-state index contributed by atoms with van der Waals surface area (Å²) in [6.07, 6.45) is -1.74. The van der Waals surface area contributed by atoms with Crippen molar-refractivity contribution in [1.82, 2.24) is 10.6 Å². The van der Waals surface area contributed by atoms with E-state index in [0.29, 0.717) is 23.6 Å². The van der Waals surface area contributed by atoms with Gasteiger partial charge >= 0.3 is 0 Å². The van der Waals surface area contributed by atoms with Crippen LogP contribution in [0.5, 0.6) is 0 Å². The number of hydrogen-bond donors (Lipinski definition) is 4. The molecule has 2 rings (SSSR count). The van der Waals surface area contributed by atoms with Crippen LogP contribution in [0.1, 0.15) is 41.8 Å². The van der Waals surface area contributed by atoms with Crippen molar-refractivity contribution in [3.05, 3.63) is 23.2 Å². The van der Waals surface area contributed by atoms with Crippen LogP contribution in [0.15, 0.2) is 10.5 Å². The lowest BCUT2D eigenvalue weighted by Crippen LogP contribution is -2.30. The van der Waals surface area contributed by atoms with E-state index in [1.165, 1.54) is 0 Å². The Bertz CT molecular complexity index is 469. The number of aryl methyl sites for hydroxylation is 1. The third kappa shape index (κ3) is 2.80. The Morgan fingerprint density at radius 1 is 1.53 bits per heavy atom. The van der Waals surface area contributed by atoms with Crippen molar-refractivity contribution >= 4 is 5.91 Å². The molecule has 0 bridgehead atoms. The Kier molecular flexibility index (Phi) is 3.93. The Morgan fingerprint density at radius 3 is 2.74 bits per heavy atom. The summed E-state index contributed by atoms with van der Waals surface area (Å²) in [5, 5.41) is 25.1. The number of hydrogen-bond acceptors (Lipinski definition) is 5. The van der Waals surface area contributed by atoms with Crippen LogP contribution in [0.4, 0.5) is 0 Å². The number of carbonyl (C=O) groups excluding carboxylic acids is 1. The van der Waals surface area contributed by atoms with Crippen molar-refractivity contribution < 1.29 is 19.4 Å². The molecule has 1 aliphatic heterocycles. The van der Waals surface area contributed by atoms with Gasteiger partial charge in [-0.3, -0.25) is 4.79 Å². The molecule has 0 unspecified atom stereocenters. The number of β-amino-alcohol motifs (C(OH)–C–C–N with tert-alkyl or cyclic N) is 1. The van der Waals surface area contributed by atoms with E-state index in [2.05, 4.69) is 10.6 Å². The number of amides is 1. The van der Waals surface area contributed by atoms with Gasteiger partial charge in [-0.1, -0.05) is 0 Å². The fraction of sp³-hybridized carbons (Fsp3) is 0.615. The highest BCUT2D eigenvalue weighted by molar-refractivity contribution is 5.95. The largest absolute Gasteiger partial charge is 0.464 e. The summed E-state index contributed by atoms with van der Waals surface area (Å²) in [5.41, 5.74) is 0.457. The molecule has 1 aliphatic rings. The SMILES string of the molecule is Cc1oc([C@H]2NC[C@@H](O)[C@H]2O)cc1C(=O)NC(C)C. The molecule has 1 aromatic rings. The van der Waals surface area contributed by atoms with E-state index in [1.807, 2.05) is 13.8 Å². The molecule has 6 nitrogen and oxygen atoms in total. The van der Waals surface area contributed by atoms with E-state index < -0.39 is 18.2 Å². The highest BCUT2D eigenvalue weighted by atomic mass is 16.4. The fourth-order valence-electron chi connectivity index (χ4n) is 2.20. The maximum absolute atomic E-state index is 11.9. The zero-order valence-corrected chi connectivity index (χ0v) is 11.3. The van der Waals surface area contributed by atoms with Crippen molar-refractivity contribution in [2.24, 2.45) is 0 Å². The van der Waals surface area contributed by atoms with Crippen LogP contribution in [0, 0.1) is 6.92 Å². The first kappa shape index (κ1) is 14.0. The number of furan rings is 1. The van der Waals surface area contributed by atoms with Gasteiger partial charge < -0.3 is 25.3 Å². The molecule has 2 heterocycles. The lowest BCUT2D eigenvalue weighted by molar-refractivity contribution is 0.0368. The smallest absolute Gasteiger partial charge is 0.255 e. The van der Waals surface area contributed by atoms with Gasteiger partial charge in [-0.2, -0.15) is 0 Å². The number of aliphatic hydroxyl groups is 2. The number of carbonyl (C=O) groups is 1. The summed E-state index contributed by atoms with van der Waals surface area (Å²) in [5.74, 6) is 0.773. The van der Waals surface area contributed by atoms with Gasteiger partial charge in [-0.25, -0.2) is 0 Å². The highest BCUT2D eigenvalue weighted by Gasteiger charge is 2.36. The monoisotopic (exact) mass is 268 g/mol. The highest BCUT2D eigenvalue weighted by Crippen LogP contribution is 2.27. The van der Waals surface area contributed by atoms with E-state index in [1.54, 1.807) is 13.0 Å². The quantitative estimate of drug-likeness (QED) is 0.623. The Labute approximate surface area is 111 Å². The maximum Gasteiger partial charge on any atom is 0.255 e. The molecule has 106 valence electrons. The van der Waals surface area contributed by atoms with Crippen molar-refractivity contribution in [2.75, 3.05) is 6.54 Å². The molecule has 4 N–H and O–H groups in total. The average molecular weight is 268 g/mol. The van der Waals surface area contributed by atoms with Crippen molar-refractivity contribution in [3.63, 3.8) is 0 Å².